The molecule has 0 aliphatic rings. The maximum absolute atomic E-state index is 8.28. The Bertz CT molecular complexity index is 54.0. The van der Waals surface area contributed by atoms with Crippen LogP contribution in [0, 0.1) is 0 Å². The molecule has 0 heterocycles. The molecule has 1 atom stereocenters. The van der Waals surface area contributed by atoms with E-state index in [2.05, 4.69) is 11.7 Å². The van der Waals surface area contributed by atoms with Gasteiger partial charge in [-0.3, -0.25) is 4.99 Å². The lowest BCUT2D eigenvalue weighted by Crippen LogP contribution is -1.98. The van der Waals surface area contributed by atoms with E-state index in [1.54, 1.807) is 0 Å². The Morgan fingerprint density at radius 1 is 1.86 bits per heavy atom. The fourth-order valence-corrected chi connectivity index (χ4v) is 0.278. The van der Waals surface area contributed by atoms with Crippen LogP contribution in [0.15, 0.2) is 4.99 Å². The van der Waals surface area contributed by atoms with Crippen molar-refractivity contribution in [1.29, 1.82) is 0 Å². The van der Waals surface area contributed by atoms with Gasteiger partial charge in [0.15, 0.2) is 0 Å². The van der Waals surface area contributed by atoms with E-state index in [1.807, 2.05) is 6.92 Å². The highest BCUT2D eigenvalue weighted by molar-refractivity contribution is 5.23. The summed E-state index contributed by atoms with van der Waals surface area (Å²) in [6.07, 6.45) is 0.726. The van der Waals surface area contributed by atoms with Crippen LogP contribution in [0.4, 0.5) is 0 Å². The third-order valence-electron chi connectivity index (χ3n) is 0.859. The van der Waals surface area contributed by atoms with Crippen LogP contribution in [0.25, 0.3) is 0 Å². The number of aliphatic hydroxyl groups is 1. The van der Waals surface area contributed by atoms with Crippen molar-refractivity contribution in [2.75, 3.05) is 6.61 Å². The molecule has 0 aromatic rings. The highest BCUT2D eigenvalue weighted by Crippen LogP contribution is 1.91. The zero-order chi connectivity index (χ0) is 5.70. The normalized spacial score (nSPS) is 13.4. The smallest absolute Gasteiger partial charge is 0.0486 e. The van der Waals surface area contributed by atoms with Gasteiger partial charge in [0.2, 0.25) is 0 Å². The molecule has 0 amide bonds. The van der Waals surface area contributed by atoms with E-state index < -0.39 is 0 Å². The van der Waals surface area contributed by atoms with Crippen LogP contribution >= 0.6 is 0 Å². The fraction of sp³-hybridized carbons (Fsp3) is 0.800. The first kappa shape index (κ1) is 6.63. The van der Waals surface area contributed by atoms with Crippen LogP contribution in [0.3, 0.4) is 0 Å². The Labute approximate surface area is 43.9 Å². The van der Waals surface area contributed by atoms with Crippen molar-refractivity contribution in [3.05, 3.63) is 0 Å². The zero-order valence-corrected chi connectivity index (χ0v) is 4.59. The molecular weight excluding hydrogens is 90.1 g/mol. The highest BCUT2D eigenvalue weighted by atomic mass is 16.3. The second-order valence-electron chi connectivity index (χ2n) is 1.54. The topological polar surface area (TPSA) is 32.6 Å². The van der Waals surface area contributed by atoms with Crippen molar-refractivity contribution in [3.63, 3.8) is 0 Å². The summed E-state index contributed by atoms with van der Waals surface area (Å²) in [4.78, 5) is 3.67. The number of rotatable bonds is 3. The van der Waals surface area contributed by atoms with Crippen LogP contribution < -0.4 is 0 Å². The highest BCUT2D eigenvalue weighted by Gasteiger charge is 1.91. The molecule has 0 radical (unpaired) electrons. The Morgan fingerprint density at radius 3 is 2.57 bits per heavy atom. The number of aliphatic hydroxyl groups excluding tert-OH is 1. The molecule has 42 valence electrons. The lowest BCUT2D eigenvalue weighted by atomic mass is 10.3. The Balaban J connectivity index is 2.98. The van der Waals surface area contributed by atoms with Gasteiger partial charge in [-0.25, -0.2) is 0 Å². The summed E-state index contributed by atoms with van der Waals surface area (Å²) in [5, 5.41) is 8.28. The van der Waals surface area contributed by atoms with Crippen LogP contribution in [0.5, 0.6) is 0 Å². The van der Waals surface area contributed by atoms with Gasteiger partial charge in [-0.2, -0.15) is 0 Å². The molecule has 0 rings (SSSR count). The van der Waals surface area contributed by atoms with Gasteiger partial charge in [-0.15, -0.1) is 0 Å². The second-order valence-corrected chi connectivity index (χ2v) is 1.54. The molecule has 0 bridgehead atoms. The number of aliphatic imine (C=N–C) groups is 1. The Hall–Kier alpha value is -0.370. The van der Waals surface area contributed by atoms with Gasteiger partial charge in [0.1, 0.15) is 0 Å². The van der Waals surface area contributed by atoms with Crippen LogP contribution in [-0.4, -0.2) is 24.5 Å². The largest absolute Gasteiger partial charge is 0.396 e. The van der Waals surface area contributed by atoms with Crippen molar-refractivity contribution < 1.29 is 5.11 Å². The second kappa shape index (κ2) is 3.81. The van der Waals surface area contributed by atoms with Gasteiger partial charge >= 0.3 is 0 Å². The molecule has 0 saturated carbocycles. The van der Waals surface area contributed by atoms with Crippen LogP contribution in [0.2, 0.25) is 0 Å². The third-order valence-corrected chi connectivity index (χ3v) is 0.859. The average molecular weight is 101 g/mol. The molecule has 0 aromatic heterocycles. The fourth-order valence-electron chi connectivity index (χ4n) is 0.278. The number of hydrogen-bond acceptors (Lipinski definition) is 2. The summed E-state index contributed by atoms with van der Waals surface area (Å²) < 4.78 is 0. The lowest BCUT2D eigenvalue weighted by molar-refractivity contribution is 0.279. The molecule has 0 aliphatic heterocycles. The molecule has 1 unspecified atom stereocenters. The minimum atomic E-state index is 0.209. The predicted octanol–water partition coefficient (Wildman–Crippen LogP) is 0.458. The maximum atomic E-state index is 8.28. The van der Waals surface area contributed by atoms with Crippen molar-refractivity contribution in [2.24, 2.45) is 4.99 Å². The van der Waals surface area contributed by atoms with Crippen LogP contribution in [-0.2, 0) is 0 Å². The van der Waals surface area contributed by atoms with Crippen molar-refractivity contribution >= 4 is 6.72 Å². The van der Waals surface area contributed by atoms with Crippen molar-refractivity contribution in [1.82, 2.24) is 0 Å². The summed E-state index contributed by atoms with van der Waals surface area (Å²) in [5.74, 6) is 0. The van der Waals surface area contributed by atoms with E-state index >= 15 is 0 Å². The minimum absolute atomic E-state index is 0.209. The summed E-state index contributed by atoms with van der Waals surface area (Å²) in [5.41, 5.74) is 0. The van der Waals surface area contributed by atoms with E-state index in [9.17, 15) is 0 Å². The van der Waals surface area contributed by atoms with E-state index in [0.29, 0.717) is 0 Å². The monoisotopic (exact) mass is 101 g/mol. The van der Waals surface area contributed by atoms with Gasteiger partial charge in [-0.05, 0) is 20.1 Å². The molecular formula is C5H11NO. The van der Waals surface area contributed by atoms with Gasteiger partial charge in [-0.1, -0.05) is 0 Å². The first-order chi connectivity index (χ1) is 3.31. The molecule has 7 heavy (non-hydrogen) atoms. The van der Waals surface area contributed by atoms with Gasteiger partial charge in [0.25, 0.3) is 0 Å². The number of hydrogen-bond donors (Lipinski definition) is 1. The SMILES string of the molecule is C=NC(C)CCO. The Morgan fingerprint density at radius 2 is 2.43 bits per heavy atom. The van der Waals surface area contributed by atoms with E-state index in [-0.39, 0.29) is 12.6 Å². The van der Waals surface area contributed by atoms with Gasteiger partial charge in [0, 0.05) is 12.6 Å². The van der Waals surface area contributed by atoms with Gasteiger partial charge < -0.3 is 5.11 Å². The molecule has 0 aliphatic carbocycles. The number of nitrogens with zero attached hydrogens (tertiary/aromatic N) is 1. The van der Waals surface area contributed by atoms with E-state index in [0.717, 1.165) is 6.42 Å². The lowest BCUT2D eigenvalue weighted by Gasteiger charge is -1.97. The minimum Gasteiger partial charge on any atom is -0.396 e. The van der Waals surface area contributed by atoms with E-state index in [1.165, 1.54) is 0 Å². The summed E-state index contributed by atoms with van der Waals surface area (Å²) >= 11 is 0. The molecule has 0 saturated heterocycles. The Kier molecular flexibility index (Phi) is 3.61. The van der Waals surface area contributed by atoms with Crippen LogP contribution in [0.1, 0.15) is 13.3 Å². The average Bonchev–Trinajstić information content (AvgIpc) is 1.68. The molecule has 2 nitrogen and oxygen atoms in total. The van der Waals surface area contributed by atoms with Crippen molar-refractivity contribution in [3.8, 4) is 0 Å². The molecule has 1 N–H and O–H groups in total. The third kappa shape index (κ3) is 3.46. The predicted molar refractivity (Wildman–Crippen MR) is 30.7 cm³/mol. The summed E-state index contributed by atoms with van der Waals surface area (Å²) in [6.45, 7) is 5.45. The molecule has 0 fully saturated rings. The molecule has 0 aromatic carbocycles. The summed E-state index contributed by atoms with van der Waals surface area (Å²) in [7, 11) is 0. The van der Waals surface area contributed by atoms with Gasteiger partial charge in [0.05, 0.1) is 0 Å². The van der Waals surface area contributed by atoms with E-state index in [4.69, 9.17) is 5.11 Å². The molecule has 2 heteroatoms. The first-order valence-corrected chi connectivity index (χ1v) is 2.38. The first-order valence-electron chi connectivity index (χ1n) is 2.38. The standard InChI is InChI=1S/C5H11NO/c1-5(6-2)3-4-7/h5,7H,2-4H2,1H3. The van der Waals surface area contributed by atoms with Crippen molar-refractivity contribution in [2.45, 2.75) is 19.4 Å². The summed E-state index contributed by atoms with van der Waals surface area (Å²) in [6, 6.07) is 0.213. The quantitative estimate of drug-likeness (QED) is 0.514. The maximum Gasteiger partial charge on any atom is 0.0486 e. The molecule has 0 spiro atoms. The zero-order valence-electron chi connectivity index (χ0n) is 4.59.